The third-order valence-electron chi connectivity index (χ3n) is 5.06. The Morgan fingerprint density at radius 2 is 2.07 bits per heavy atom. The summed E-state index contributed by atoms with van der Waals surface area (Å²) >= 11 is 3.25. The second-order valence-corrected chi connectivity index (χ2v) is 10.6. The van der Waals surface area contributed by atoms with Gasteiger partial charge in [0.15, 0.2) is 5.16 Å². The summed E-state index contributed by atoms with van der Waals surface area (Å²) in [4.78, 5) is 20.7. The largest absolute Gasteiger partial charge is 0.372 e. The number of nitrogens with zero attached hydrogens (tertiary/aromatic N) is 2. The topological polar surface area (TPSA) is 44.1 Å². The molecule has 2 aromatic heterocycles. The van der Waals surface area contributed by atoms with Crippen LogP contribution in [0.4, 0.5) is 0 Å². The third-order valence-corrected chi connectivity index (χ3v) is 7.11. The van der Waals surface area contributed by atoms with Crippen LogP contribution < -0.4 is 5.56 Å². The van der Waals surface area contributed by atoms with Crippen molar-refractivity contribution in [2.45, 2.75) is 64.2 Å². The number of aromatic nitrogens is 2. The highest BCUT2D eigenvalue weighted by molar-refractivity contribution is 7.99. The van der Waals surface area contributed by atoms with Crippen LogP contribution in [0.3, 0.4) is 0 Å². The van der Waals surface area contributed by atoms with E-state index >= 15 is 0 Å². The Bertz CT molecular complexity index is 1080. The second kappa shape index (κ2) is 7.65. The fourth-order valence-electron chi connectivity index (χ4n) is 3.62. The molecule has 0 N–H and O–H groups in total. The zero-order valence-corrected chi connectivity index (χ0v) is 18.6. The van der Waals surface area contributed by atoms with Crippen LogP contribution in [0.15, 0.2) is 34.2 Å². The summed E-state index contributed by atoms with van der Waals surface area (Å²) in [6.45, 7) is 11.2. The van der Waals surface area contributed by atoms with E-state index in [1.807, 2.05) is 25.1 Å². The molecule has 1 aliphatic rings. The lowest BCUT2D eigenvalue weighted by Crippen LogP contribution is -2.28. The van der Waals surface area contributed by atoms with Crippen LogP contribution >= 0.6 is 23.1 Å². The van der Waals surface area contributed by atoms with Gasteiger partial charge in [-0.3, -0.25) is 9.36 Å². The van der Waals surface area contributed by atoms with E-state index in [0.717, 1.165) is 43.5 Å². The zero-order chi connectivity index (χ0) is 20.0. The standard InChI is InChI=1S/C22H26N2O2S2/c1-12(2)17-10-16-18(11-26-17)28-20-19(16)21(25)24(22(23-20)27-13(3)4)15-8-6-7-14(5)9-15/h6-9,12-13,17H,10-11H2,1-5H3/t17-/m1/s1. The second-order valence-electron chi connectivity index (χ2n) is 8.02. The number of ether oxygens (including phenoxy) is 1. The quantitative estimate of drug-likeness (QED) is 0.426. The summed E-state index contributed by atoms with van der Waals surface area (Å²) in [5.74, 6) is 0.422. The molecule has 0 saturated carbocycles. The molecule has 148 valence electrons. The highest BCUT2D eigenvalue weighted by Crippen LogP contribution is 2.36. The van der Waals surface area contributed by atoms with Gasteiger partial charge in [0.05, 0.1) is 23.8 Å². The van der Waals surface area contributed by atoms with Crippen LogP contribution in [-0.2, 0) is 17.8 Å². The molecule has 3 heterocycles. The van der Waals surface area contributed by atoms with Gasteiger partial charge in [-0.15, -0.1) is 11.3 Å². The maximum atomic E-state index is 13.7. The Labute approximate surface area is 174 Å². The molecule has 4 nitrogen and oxygen atoms in total. The predicted molar refractivity (Wildman–Crippen MR) is 118 cm³/mol. The van der Waals surface area contributed by atoms with E-state index in [9.17, 15) is 4.79 Å². The molecule has 0 unspecified atom stereocenters. The van der Waals surface area contributed by atoms with Crippen molar-refractivity contribution >= 4 is 33.3 Å². The molecule has 0 spiro atoms. The predicted octanol–water partition coefficient (Wildman–Crippen LogP) is 5.35. The van der Waals surface area contributed by atoms with Gasteiger partial charge in [-0.2, -0.15) is 0 Å². The number of hydrogen-bond acceptors (Lipinski definition) is 5. The van der Waals surface area contributed by atoms with E-state index in [1.54, 1.807) is 27.7 Å². The minimum absolute atomic E-state index is 0.0423. The van der Waals surface area contributed by atoms with Crippen LogP contribution in [0, 0.1) is 12.8 Å². The number of fused-ring (bicyclic) bond motifs is 3. The molecule has 3 aromatic rings. The highest BCUT2D eigenvalue weighted by atomic mass is 32.2. The maximum absolute atomic E-state index is 13.7. The lowest BCUT2D eigenvalue weighted by molar-refractivity contribution is 0.00200. The molecular weight excluding hydrogens is 388 g/mol. The number of rotatable bonds is 4. The number of aryl methyl sites for hydroxylation is 1. The molecule has 6 heteroatoms. The average molecular weight is 415 g/mol. The van der Waals surface area contributed by atoms with Crippen LogP contribution in [0.25, 0.3) is 15.9 Å². The van der Waals surface area contributed by atoms with Gasteiger partial charge in [0, 0.05) is 16.5 Å². The van der Waals surface area contributed by atoms with Crippen molar-refractivity contribution < 1.29 is 4.74 Å². The first-order valence-corrected chi connectivity index (χ1v) is 11.5. The molecular formula is C22H26N2O2S2. The normalized spacial score (nSPS) is 16.9. The Kier molecular flexibility index (Phi) is 5.38. The lowest BCUT2D eigenvalue weighted by atomic mass is 9.96. The average Bonchev–Trinajstić information content (AvgIpc) is 2.98. The Balaban J connectivity index is 1.97. The first-order chi connectivity index (χ1) is 13.3. The summed E-state index contributed by atoms with van der Waals surface area (Å²) in [6, 6.07) is 8.09. The van der Waals surface area contributed by atoms with Gasteiger partial charge in [0.2, 0.25) is 0 Å². The lowest BCUT2D eigenvalue weighted by Gasteiger charge is -2.26. The molecule has 0 radical (unpaired) electrons. The minimum atomic E-state index is 0.0423. The van der Waals surface area contributed by atoms with Crippen LogP contribution in [0.2, 0.25) is 0 Å². The number of hydrogen-bond donors (Lipinski definition) is 0. The van der Waals surface area contributed by atoms with E-state index < -0.39 is 0 Å². The summed E-state index contributed by atoms with van der Waals surface area (Å²) in [5.41, 5.74) is 3.20. The van der Waals surface area contributed by atoms with Crippen LogP contribution in [-0.4, -0.2) is 20.9 Å². The van der Waals surface area contributed by atoms with Gasteiger partial charge < -0.3 is 4.74 Å². The summed E-state index contributed by atoms with van der Waals surface area (Å²) in [6.07, 6.45) is 0.941. The van der Waals surface area contributed by atoms with Gasteiger partial charge in [-0.05, 0) is 36.1 Å². The SMILES string of the molecule is Cc1cccc(-n2c(SC(C)C)nc3sc4c(c3c2=O)C[C@H](C(C)C)OC4)c1. The van der Waals surface area contributed by atoms with Gasteiger partial charge in [-0.1, -0.05) is 51.6 Å². The fourth-order valence-corrected chi connectivity index (χ4v) is 5.65. The monoisotopic (exact) mass is 414 g/mol. The summed E-state index contributed by atoms with van der Waals surface area (Å²) < 4.78 is 7.83. The molecule has 0 amide bonds. The molecule has 0 aliphatic carbocycles. The van der Waals surface area contributed by atoms with E-state index in [-0.39, 0.29) is 11.7 Å². The third kappa shape index (κ3) is 3.53. The van der Waals surface area contributed by atoms with Crippen molar-refractivity contribution in [2.75, 3.05) is 0 Å². The Morgan fingerprint density at radius 1 is 1.29 bits per heavy atom. The molecule has 0 bridgehead atoms. The Morgan fingerprint density at radius 3 is 2.75 bits per heavy atom. The molecule has 1 aliphatic heterocycles. The van der Waals surface area contributed by atoms with Gasteiger partial charge in [0.25, 0.3) is 5.56 Å². The highest BCUT2D eigenvalue weighted by Gasteiger charge is 2.28. The van der Waals surface area contributed by atoms with Crippen LogP contribution in [0.5, 0.6) is 0 Å². The zero-order valence-electron chi connectivity index (χ0n) is 17.0. The molecule has 4 rings (SSSR count). The molecule has 0 saturated heterocycles. The summed E-state index contributed by atoms with van der Waals surface area (Å²) in [7, 11) is 0. The molecule has 1 aromatic carbocycles. The van der Waals surface area contributed by atoms with Crippen LogP contribution in [0.1, 0.15) is 43.7 Å². The molecule has 1 atom stereocenters. The number of thiophene rings is 1. The van der Waals surface area contributed by atoms with Gasteiger partial charge in [0.1, 0.15) is 4.83 Å². The van der Waals surface area contributed by atoms with Crippen molar-refractivity contribution in [2.24, 2.45) is 5.92 Å². The summed E-state index contributed by atoms with van der Waals surface area (Å²) in [5, 5.41) is 1.88. The van der Waals surface area contributed by atoms with E-state index in [0.29, 0.717) is 17.8 Å². The smallest absolute Gasteiger partial charge is 0.267 e. The van der Waals surface area contributed by atoms with Crippen molar-refractivity contribution in [3.8, 4) is 5.69 Å². The van der Waals surface area contributed by atoms with Crippen molar-refractivity contribution in [1.82, 2.24) is 9.55 Å². The van der Waals surface area contributed by atoms with Gasteiger partial charge in [-0.25, -0.2) is 4.98 Å². The first kappa shape index (κ1) is 19.7. The maximum Gasteiger partial charge on any atom is 0.267 e. The first-order valence-electron chi connectivity index (χ1n) is 9.77. The molecule has 28 heavy (non-hydrogen) atoms. The minimum Gasteiger partial charge on any atom is -0.372 e. The number of thioether (sulfide) groups is 1. The van der Waals surface area contributed by atoms with Crippen molar-refractivity contribution in [1.29, 1.82) is 0 Å². The van der Waals surface area contributed by atoms with E-state index in [4.69, 9.17) is 9.72 Å². The molecule has 0 fully saturated rings. The van der Waals surface area contributed by atoms with Crippen molar-refractivity contribution in [3.63, 3.8) is 0 Å². The number of benzene rings is 1. The Hall–Kier alpha value is -1.63. The van der Waals surface area contributed by atoms with E-state index in [1.165, 1.54) is 0 Å². The van der Waals surface area contributed by atoms with E-state index in [2.05, 4.69) is 33.8 Å². The van der Waals surface area contributed by atoms with Gasteiger partial charge >= 0.3 is 0 Å². The van der Waals surface area contributed by atoms with Crippen molar-refractivity contribution in [3.05, 3.63) is 50.6 Å². The fraction of sp³-hybridized carbons (Fsp3) is 0.455.